The number of aromatic nitrogens is 2. The molecule has 0 spiro atoms. The van der Waals surface area contributed by atoms with E-state index in [2.05, 4.69) is 24.4 Å². The van der Waals surface area contributed by atoms with E-state index in [1.54, 1.807) is 6.92 Å². The molecule has 1 amide bonds. The van der Waals surface area contributed by atoms with E-state index in [1.165, 1.54) is 42.3 Å². The zero-order chi connectivity index (χ0) is 31.3. The summed E-state index contributed by atoms with van der Waals surface area (Å²) in [5, 5.41) is 0. The summed E-state index contributed by atoms with van der Waals surface area (Å²) in [6, 6.07) is 8.08. The maximum atomic E-state index is 13.2. The molecule has 9 nitrogen and oxygen atoms in total. The number of amides is 1. The number of amidine groups is 1. The van der Waals surface area contributed by atoms with Gasteiger partial charge in [-0.1, -0.05) is 26.0 Å². The minimum Gasteiger partial charge on any atom is -0.406 e. The zero-order valence-corrected chi connectivity index (χ0v) is 23.1. The standard InChI is InChI=1S/C26H24F6N4O5S/c1-4-12-36(22-11-10-20(15-33-22)41-26(30,31)32)24(35-16(3)37)23-21(42(38,39)5-2)13-18(14-34-23)17-6-8-19(9-7-17)40-25(27,28)29/h6-11,13-15H,4-5,12H2,1-3H3. The predicted octanol–water partition coefficient (Wildman–Crippen LogP) is 5.94. The Morgan fingerprint density at radius 2 is 1.48 bits per heavy atom. The molecule has 0 bridgehead atoms. The highest BCUT2D eigenvalue weighted by Crippen LogP contribution is 2.30. The molecule has 0 unspecified atom stereocenters. The fourth-order valence-corrected chi connectivity index (χ4v) is 4.74. The molecule has 0 fully saturated rings. The largest absolute Gasteiger partial charge is 0.573 e. The summed E-state index contributed by atoms with van der Waals surface area (Å²) < 4.78 is 110. The van der Waals surface area contributed by atoms with Gasteiger partial charge in [-0.05, 0) is 42.3 Å². The quantitative estimate of drug-likeness (QED) is 0.165. The molecule has 0 N–H and O–H groups in total. The van der Waals surface area contributed by atoms with Crippen LogP contribution in [-0.2, 0) is 14.6 Å². The minimum absolute atomic E-state index is 0.0253. The number of pyridine rings is 2. The van der Waals surface area contributed by atoms with Crippen LogP contribution in [0.15, 0.2) is 64.7 Å². The molecule has 0 radical (unpaired) electrons. The summed E-state index contributed by atoms with van der Waals surface area (Å²) in [5.74, 6) is -2.40. The van der Waals surface area contributed by atoms with E-state index < -0.39 is 40.0 Å². The van der Waals surface area contributed by atoms with Gasteiger partial charge in [-0.15, -0.1) is 26.3 Å². The molecule has 3 aromatic rings. The highest BCUT2D eigenvalue weighted by Gasteiger charge is 2.32. The number of sulfone groups is 1. The van der Waals surface area contributed by atoms with Crippen LogP contribution in [0, 0.1) is 0 Å². The Morgan fingerprint density at radius 3 is 1.98 bits per heavy atom. The van der Waals surface area contributed by atoms with E-state index in [0.29, 0.717) is 12.0 Å². The lowest BCUT2D eigenvalue weighted by atomic mass is 10.1. The van der Waals surface area contributed by atoms with Gasteiger partial charge in [0, 0.05) is 25.2 Å². The first-order valence-corrected chi connectivity index (χ1v) is 13.9. The number of rotatable bonds is 9. The van der Waals surface area contributed by atoms with E-state index >= 15 is 0 Å². The van der Waals surface area contributed by atoms with E-state index in [9.17, 15) is 39.6 Å². The fraction of sp³-hybridized carbons (Fsp3) is 0.308. The van der Waals surface area contributed by atoms with Crippen LogP contribution in [0.4, 0.5) is 32.2 Å². The summed E-state index contributed by atoms with van der Waals surface area (Å²) in [4.78, 5) is 25.4. The number of carbonyl (C=O) groups is 1. The van der Waals surface area contributed by atoms with Gasteiger partial charge in [0.2, 0.25) is 5.91 Å². The molecule has 1 aromatic carbocycles. The Labute approximate surface area is 236 Å². The van der Waals surface area contributed by atoms with Crippen LogP contribution in [0.1, 0.15) is 32.9 Å². The monoisotopic (exact) mass is 618 g/mol. The van der Waals surface area contributed by atoms with Gasteiger partial charge in [0.15, 0.2) is 15.7 Å². The van der Waals surface area contributed by atoms with Gasteiger partial charge in [-0.2, -0.15) is 4.99 Å². The summed E-state index contributed by atoms with van der Waals surface area (Å²) in [5.41, 5.74) is 0.299. The summed E-state index contributed by atoms with van der Waals surface area (Å²) >= 11 is 0. The van der Waals surface area contributed by atoms with Crippen LogP contribution >= 0.6 is 0 Å². The molecule has 0 saturated carbocycles. The van der Waals surface area contributed by atoms with Gasteiger partial charge in [0.25, 0.3) is 0 Å². The molecule has 2 heterocycles. The molecule has 0 aliphatic rings. The topological polar surface area (TPSA) is 111 Å². The van der Waals surface area contributed by atoms with E-state index in [0.717, 1.165) is 31.3 Å². The number of anilines is 1. The number of alkyl halides is 6. The van der Waals surface area contributed by atoms with Crippen LogP contribution in [0.5, 0.6) is 11.5 Å². The number of benzene rings is 1. The lowest BCUT2D eigenvalue weighted by Crippen LogP contribution is -2.35. The maximum absolute atomic E-state index is 13.2. The van der Waals surface area contributed by atoms with Gasteiger partial charge in [-0.3, -0.25) is 9.78 Å². The first kappa shape index (κ1) is 32.3. The number of ether oxygens (including phenoxy) is 2. The molecule has 0 atom stereocenters. The van der Waals surface area contributed by atoms with Crippen molar-refractivity contribution in [2.24, 2.45) is 4.99 Å². The van der Waals surface area contributed by atoms with Crippen molar-refractivity contribution in [2.75, 3.05) is 17.2 Å². The Kier molecular flexibility index (Phi) is 9.81. The Bertz CT molecular complexity index is 1540. The van der Waals surface area contributed by atoms with Crippen molar-refractivity contribution in [3.8, 4) is 22.6 Å². The maximum Gasteiger partial charge on any atom is 0.573 e. The average molecular weight is 619 g/mol. The second-order valence-electron chi connectivity index (χ2n) is 8.55. The number of halogens is 6. The molecule has 0 aliphatic carbocycles. The lowest BCUT2D eigenvalue weighted by molar-refractivity contribution is -0.275. The number of nitrogens with zero attached hydrogens (tertiary/aromatic N) is 4. The van der Waals surface area contributed by atoms with Crippen LogP contribution in [0.25, 0.3) is 11.1 Å². The van der Waals surface area contributed by atoms with Crippen molar-refractivity contribution >= 4 is 27.4 Å². The Balaban J connectivity index is 2.15. The van der Waals surface area contributed by atoms with Crippen LogP contribution in [-0.4, -0.2) is 55.2 Å². The van der Waals surface area contributed by atoms with Gasteiger partial charge in [-0.25, -0.2) is 13.4 Å². The minimum atomic E-state index is -4.95. The Morgan fingerprint density at radius 1 is 0.881 bits per heavy atom. The van der Waals surface area contributed by atoms with E-state index in [1.807, 2.05) is 0 Å². The van der Waals surface area contributed by atoms with E-state index in [-0.39, 0.29) is 40.1 Å². The van der Waals surface area contributed by atoms with Crippen LogP contribution in [0.2, 0.25) is 0 Å². The zero-order valence-electron chi connectivity index (χ0n) is 22.3. The fourth-order valence-electron chi connectivity index (χ4n) is 3.68. The SMILES string of the molecule is CCCN(C(=NC(C)=O)c1ncc(-c2ccc(OC(F)(F)F)cc2)cc1S(=O)(=O)CC)c1ccc(OC(F)(F)F)cn1. The average Bonchev–Trinajstić information content (AvgIpc) is 2.89. The third-order valence-corrected chi connectivity index (χ3v) is 7.14. The van der Waals surface area contributed by atoms with Gasteiger partial charge >= 0.3 is 12.7 Å². The Hall–Kier alpha value is -4.21. The third-order valence-electron chi connectivity index (χ3n) is 5.40. The summed E-state index contributed by atoms with van der Waals surface area (Å²) in [7, 11) is -4.05. The van der Waals surface area contributed by atoms with E-state index in [4.69, 9.17) is 0 Å². The van der Waals surface area contributed by atoms with Crippen molar-refractivity contribution in [1.29, 1.82) is 0 Å². The second-order valence-corrected chi connectivity index (χ2v) is 10.8. The van der Waals surface area contributed by atoms with Crippen molar-refractivity contribution in [1.82, 2.24) is 9.97 Å². The second kappa shape index (κ2) is 12.8. The normalized spacial score (nSPS) is 12.6. The molecule has 0 saturated heterocycles. The first-order valence-electron chi connectivity index (χ1n) is 12.2. The van der Waals surface area contributed by atoms with Gasteiger partial charge in [0.05, 0.1) is 16.8 Å². The van der Waals surface area contributed by atoms with Crippen molar-refractivity contribution < 1.29 is 49.0 Å². The van der Waals surface area contributed by atoms with Crippen LogP contribution in [0.3, 0.4) is 0 Å². The molecule has 3 rings (SSSR count). The van der Waals surface area contributed by atoms with Crippen LogP contribution < -0.4 is 14.4 Å². The lowest BCUT2D eigenvalue weighted by Gasteiger charge is -2.26. The summed E-state index contributed by atoms with van der Waals surface area (Å²) in [6.07, 6.45) is -7.38. The first-order chi connectivity index (χ1) is 19.5. The number of aliphatic imine (C=N–C) groups is 1. The smallest absolute Gasteiger partial charge is 0.406 e. The van der Waals surface area contributed by atoms with Crippen molar-refractivity contribution in [3.63, 3.8) is 0 Å². The molecule has 0 aliphatic heterocycles. The number of hydrogen-bond acceptors (Lipinski definition) is 7. The number of carbonyl (C=O) groups excluding carboxylic acids is 1. The molecule has 16 heteroatoms. The predicted molar refractivity (Wildman–Crippen MR) is 140 cm³/mol. The molecular formula is C26H24F6N4O5S. The number of hydrogen-bond donors (Lipinski definition) is 0. The third kappa shape index (κ3) is 8.64. The van der Waals surface area contributed by atoms with Gasteiger partial charge in [0.1, 0.15) is 23.0 Å². The highest BCUT2D eigenvalue weighted by atomic mass is 32.2. The molecule has 2 aromatic heterocycles. The summed E-state index contributed by atoms with van der Waals surface area (Å²) in [6.45, 7) is 4.35. The molecule has 226 valence electrons. The molecule has 42 heavy (non-hydrogen) atoms. The van der Waals surface area contributed by atoms with Crippen molar-refractivity contribution in [3.05, 3.63) is 60.6 Å². The van der Waals surface area contributed by atoms with Gasteiger partial charge < -0.3 is 14.4 Å². The van der Waals surface area contributed by atoms with Crippen molar-refractivity contribution in [2.45, 2.75) is 44.8 Å². The highest BCUT2D eigenvalue weighted by molar-refractivity contribution is 7.91. The molecular weight excluding hydrogens is 594 g/mol.